The first-order valence-corrected chi connectivity index (χ1v) is 10.5. The molecule has 1 amide bonds. The van der Waals surface area contributed by atoms with Gasteiger partial charge in [-0.2, -0.15) is 0 Å². The van der Waals surface area contributed by atoms with Gasteiger partial charge in [0.25, 0.3) is 0 Å². The van der Waals surface area contributed by atoms with Crippen LogP contribution >= 0.6 is 46.3 Å². The minimum Gasteiger partial charge on any atom is -0.330 e. The Morgan fingerprint density at radius 2 is 1.85 bits per heavy atom. The first-order chi connectivity index (χ1) is 12.9. The Bertz CT molecular complexity index is 957. The smallest absolute Gasteiger partial charge is 0.234 e. The van der Waals surface area contributed by atoms with Crippen molar-refractivity contribution >= 4 is 68.7 Å². The summed E-state index contributed by atoms with van der Waals surface area (Å²) >= 11 is 14.8. The maximum absolute atomic E-state index is 12.1. The number of aromatic nitrogens is 2. The highest BCUT2D eigenvalue weighted by atomic mass is 35.5. The van der Waals surface area contributed by atoms with Gasteiger partial charge in [0.05, 0.1) is 21.5 Å². The molecule has 0 unspecified atom stereocenters. The van der Waals surface area contributed by atoms with E-state index in [0.29, 0.717) is 25.2 Å². The van der Waals surface area contributed by atoms with Gasteiger partial charge in [0.1, 0.15) is 0 Å². The number of hydrogen-bond acceptors (Lipinski definition) is 6. The van der Waals surface area contributed by atoms with Gasteiger partial charge in [-0.05, 0) is 49.2 Å². The first-order valence-electron chi connectivity index (χ1n) is 7.97. The highest BCUT2D eigenvalue weighted by Crippen LogP contribution is 2.31. The standard InChI is InChI=1S/C18H16Cl2N4OS2/c1-10-6-7-12(8-11(10)2)21-17-23-24-18(27-17)26-9-15(25)22-16-13(19)4-3-5-14(16)20/h3-8H,9H2,1-2H3,(H,21,23)(H,22,25). The summed E-state index contributed by atoms with van der Waals surface area (Å²) in [5.41, 5.74) is 3.81. The molecule has 0 radical (unpaired) electrons. The lowest BCUT2D eigenvalue weighted by Gasteiger charge is -2.08. The minimum absolute atomic E-state index is 0.180. The average molecular weight is 439 g/mol. The molecule has 9 heteroatoms. The maximum Gasteiger partial charge on any atom is 0.234 e. The molecule has 27 heavy (non-hydrogen) atoms. The summed E-state index contributed by atoms with van der Waals surface area (Å²) in [7, 11) is 0. The summed E-state index contributed by atoms with van der Waals surface area (Å²) in [6.07, 6.45) is 0. The van der Waals surface area contributed by atoms with Gasteiger partial charge in [0.15, 0.2) is 4.34 Å². The van der Waals surface area contributed by atoms with Gasteiger partial charge >= 0.3 is 0 Å². The number of amides is 1. The molecule has 0 aliphatic carbocycles. The third kappa shape index (κ3) is 5.35. The average Bonchev–Trinajstić information content (AvgIpc) is 3.07. The molecule has 3 rings (SSSR count). The SMILES string of the molecule is Cc1ccc(Nc2nnc(SCC(=O)Nc3c(Cl)cccc3Cl)s2)cc1C. The van der Waals surface area contributed by atoms with Crippen LogP contribution < -0.4 is 10.6 Å². The number of thioether (sulfide) groups is 1. The second-order valence-corrected chi connectivity index (χ2v) is 8.75. The zero-order valence-corrected chi connectivity index (χ0v) is 17.7. The molecule has 140 valence electrons. The predicted molar refractivity (Wildman–Crippen MR) is 115 cm³/mol. The van der Waals surface area contributed by atoms with Crippen LogP contribution in [-0.2, 0) is 4.79 Å². The molecule has 0 saturated heterocycles. The van der Waals surface area contributed by atoms with Crippen molar-refractivity contribution in [2.24, 2.45) is 0 Å². The lowest BCUT2D eigenvalue weighted by atomic mass is 10.1. The van der Waals surface area contributed by atoms with Crippen LogP contribution in [0.3, 0.4) is 0 Å². The zero-order chi connectivity index (χ0) is 19.4. The van der Waals surface area contributed by atoms with Crippen LogP contribution in [0.5, 0.6) is 0 Å². The summed E-state index contributed by atoms with van der Waals surface area (Å²) in [5.74, 6) is -0.0336. The Hall–Kier alpha value is -1.80. The molecule has 1 aromatic heterocycles. The van der Waals surface area contributed by atoms with Crippen LogP contribution in [0.25, 0.3) is 0 Å². The van der Waals surface area contributed by atoms with Gasteiger partial charge in [-0.25, -0.2) is 0 Å². The molecule has 0 spiro atoms. The molecular formula is C18H16Cl2N4OS2. The van der Waals surface area contributed by atoms with E-state index in [0.717, 1.165) is 5.69 Å². The van der Waals surface area contributed by atoms with E-state index in [2.05, 4.69) is 46.8 Å². The van der Waals surface area contributed by atoms with Crippen molar-refractivity contribution in [2.75, 3.05) is 16.4 Å². The second-order valence-electron chi connectivity index (χ2n) is 5.73. The number of rotatable bonds is 6. The van der Waals surface area contributed by atoms with Crippen molar-refractivity contribution in [3.05, 3.63) is 57.6 Å². The summed E-state index contributed by atoms with van der Waals surface area (Å²) in [6.45, 7) is 4.13. The second kappa shape index (κ2) is 8.93. The number of para-hydroxylation sites is 1. The van der Waals surface area contributed by atoms with Crippen molar-refractivity contribution in [2.45, 2.75) is 18.2 Å². The van der Waals surface area contributed by atoms with Crippen LogP contribution in [0.2, 0.25) is 10.0 Å². The Kier molecular flexibility index (Phi) is 6.59. The van der Waals surface area contributed by atoms with Crippen molar-refractivity contribution in [1.29, 1.82) is 0 Å². The van der Waals surface area contributed by atoms with Gasteiger partial charge in [-0.3, -0.25) is 4.79 Å². The summed E-state index contributed by atoms with van der Waals surface area (Å²) in [4.78, 5) is 12.1. The lowest BCUT2D eigenvalue weighted by molar-refractivity contribution is -0.113. The molecule has 0 atom stereocenters. The topological polar surface area (TPSA) is 66.9 Å². The fourth-order valence-corrected chi connectivity index (χ4v) is 4.25. The number of anilines is 3. The van der Waals surface area contributed by atoms with Gasteiger partial charge in [-0.1, -0.05) is 58.4 Å². The van der Waals surface area contributed by atoms with E-state index in [9.17, 15) is 4.79 Å². The van der Waals surface area contributed by atoms with Crippen molar-refractivity contribution in [3.8, 4) is 0 Å². The van der Waals surface area contributed by atoms with Crippen molar-refractivity contribution in [1.82, 2.24) is 10.2 Å². The maximum atomic E-state index is 12.1. The molecule has 5 nitrogen and oxygen atoms in total. The number of aryl methyl sites for hydroxylation is 2. The quantitative estimate of drug-likeness (QED) is 0.466. The van der Waals surface area contributed by atoms with Crippen molar-refractivity contribution in [3.63, 3.8) is 0 Å². The summed E-state index contributed by atoms with van der Waals surface area (Å²) < 4.78 is 0.696. The minimum atomic E-state index is -0.214. The highest BCUT2D eigenvalue weighted by Gasteiger charge is 2.12. The number of carbonyl (C=O) groups excluding carboxylic acids is 1. The van der Waals surface area contributed by atoms with Gasteiger partial charge in [0.2, 0.25) is 11.0 Å². The number of nitrogens with zero attached hydrogens (tertiary/aromatic N) is 2. The summed E-state index contributed by atoms with van der Waals surface area (Å²) in [6, 6.07) is 11.2. The Labute approximate surface area is 175 Å². The van der Waals surface area contributed by atoms with Crippen LogP contribution in [-0.4, -0.2) is 21.9 Å². The number of benzene rings is 2. The Morgan fingerprint density at radius 3 is 2.56 bits per heavy atom. The van der Waals surface area contributed by atoms with Crippen LogP contribution in [0.1, 0.15) is 11.1 Å². The molecule has 0 saturated carbocycles. The van der Waals surface area contributed by atoms with Crippen LogP contribution in [0, 0.1) is 13.8 Å². The molecule has 2 aromatic carbocycles. The molecule has 0 aliphatic rings. The number of halogens is 2. The van der Waals surface area contributed by atoms with Crippen molar-refractivity contribution < 1.29 is 4.79 Å². The van der Waals surface area contributed by atoms with E-state index in [1.54, 1.807) is 18.2 Å². The third-order valence-corrected chi connectivity index (χ3v) is 6.32. The monoisotopic (exact) mass is 438 g/mol. The molecule has 1 heterocycles. The van der Waals surface area contributed by atoms with E-state index >= 15 is 0 Å². The van der Waals surface area contributed by atoms with E-state index < -0.39 is 0 Å². The van der Waals surface area contributed by atoms with Gasteiger partial charge in [-0.15, -0.1) is 10.2 Å². The lowest BCUT2D eigenvalue weighted by Crippen LogP contribution is -2.14. The highest BCUT2D eigenvalue weighted by molar-refractivity contribution is 8.01. The number of nitrogens with one attached hydrogen (secondary N) is 2. The van der Waals surface area contributed by atoms with E-state index in [1.165, 1.54) is 34.2 Å². The largest absolute Gasteiger partial charge is 0.330 e. The first kappa shape index (κ1) is 19.9. The third-order valence-electron chi connectivity index (χ3n) is 3.72. The fraction of sp³-hybridized carbons (Fsp3) is 0.167. The molecular weight excluding hydrogens is 423 g/mol. The molecule has 0 bridgehead atoms. The van der Waals surface area contributed by atoms with Gasteiger partial charge < -0.3 is 10.6 Å². The van der Waals surface area contributed by atoms with E-state index in [4.69, 9.17) is 23.2 Å². The van der Waals surface area contributed by atoms with Crippen LogP contribution in [0.4, 0.5) is 16.5 Å². The number of hydrogen-bond donors (Lipinski definition) is 2. The molecule has 0 aliphatic heterocycles. The predicted octanol–water partition coefficient (Wildman–Crippen LogP) is 5.94. The van der Waals surface area contributed by atoms with Crippen LogP contribution in [0.15, 0.2) is 40.7 Å². The summed E-state index contributed by atoms with van der Waals surface area (Å²) in [5, 5.41) is 15.7. The number of carbonyl (C=O) groups is 1. The molecule has 3 aromatic rings. The normalized spacial score (nSPS) is 10.7. The fourth-order valence-electron chi connectivity index (χ4n) is 2.18. The Morgan fingerprint density at radius 1 is 1.11 bits per heavy atom. The molecule has 0 fully saturated rings. The molecule has 2 N–H and O–H groups in total. The Balaban J connectivity index is 1.56. The van der Waals surface area contributed by atoms with Gasteiger partial charge in [0, 0.05) is 5.69 Å². The van der Waals surface area contributed by atoms with E-state index in [-0.39, 0.29) is 11.7 Å². The zero-order valence-electron chi connectivity index (χ0n) is 14.5. The van der Waals surface area contributed by atoms with E-state index in [1.807, 2.05) is 6.07 Å².